The summed E-state index contributed by atoms with van der Waals surface area (Å²) < 4.78 is 0. The number of carbonyl (C=O) groups excluding carboxylic acids is 3. The maximum Gasteiger partial charge on any atom is 0.234 e. The van der Waals surface area contributed by atoms with Crippen molar-refractivity contribution in [2.75, 3.05) is 4.90 Å². The lowest BCUT2D eigenvalue weighted by molar-refractivity contribution is -0.130. The highest BCUT2D eigenvalue weighted by Crippen LogP contribution is 2.25. The van der Waals surface area contributed by atoms with Crippen molar-refractivity contribution in [3.63, 3.8) is 0 Å². The Morgan fingerprint density at radius 1 is 1.11 bits per heavy atom. The minimum atomic E-state index is -0.172. The molecule has 94 valence electrons. The molecule has 18 heavy (non-hydrogen) atoms. The van der Waals surface area contributed by atoms with Gasteiger partial charge in [-0.05, 0) is 37.1 Å². The molecule has 1 aliphatic heterocycles. The molecule has 0 aliphatic carbocycles. The molecule has 4 heteroatoms. The van der Waals surface area contributed by atoms with Gasteiger partial charge in [0.05, 0.1) is 5.69 Å². The van der Waals surface area contributed by atoms with E-state index in [9.17, 15) is 14.4 Å². The first-order valence-electron chi connectivity index (χ1n) is 5.96. The molecule has 1 aliphatic rings. The summed E-state index contributed by atoms with van der Waals surface area (Å²) in [5.74, 6) is -0.270. The maximum absolute atomic E-state index is 11.9. The molecular formula is C14H15NO3. The Labute approximate surface area is 106 Å². The van der Waals surface area contributed by atoms with E-state index in [0.29, 0.717) is 24.1 Å². The number of imide groups is 1. The number of piperidine rings is 1. The smallest absolute Gasteiger partial charge is 0.234 e. The van der Waals surface area contributed by atoms with Crippen LogP contribution in [0.2, 0.25) is 0 Å². The predicted octanol–water partition coefficient (Wildman–Crippen LogP) is 2.18. The lowest BCUT2D eigenvalue weighted by Crippen LogP contribution is -2.42. The molecule has 4 nitrogen and oxygen atoms in total. The van der Waals surface area contributed by atoms with E-state index in [4.69, 9.17) is 0 Å². The number of carbonyl (C=O) groups is 3. The lowest BCUT2D eigenvalue weighted by atomic mass is 9.97. The Balaban J connectivity index is 2.28. The van der Waals surface area contributed by atoms with E-state index in [-0.39, 0.29) is 23.5 Å². The number of anilines is 1. The van der Waals surface area contributed by atoms with Crippen LogP contribution in [0.3, 0.4) is 0 Å². The zero-order chi connectivity index (χ0) is 13.3. The Morgan fingerprint density at radius 3 is 2.06 bits per heavy atom. The first kappa shape index (κ1) is 12.5. The highest BCUT2D eigenvalue weighted by atomic mass is 16.2. The van der Waals surface area contributed by atoms with E-state index >= 15 is 0 Å². The summed E-state index contributed by atoms with van der Waals surface area (Å²) in [5.41, 5.74) is 1.12. The van der Waals surface area contributed by atoms with Gasteiger partial charge in [0.2, 0.25) is 11.8 Å². The zero-order valence-corrected chi connectivity index (χ0v) is 10.5. The van der Waals surface area contributed by atoms with Crippen molar-refractivity contribution in [2.24, 2.45) is 5.92 Å². The zero-order valence-electron chi connectivity index (χ0n) is 10.5. The molecule has 0 bridgehead atoms. The van der Waals surface area contributed by atoms with Crippen molar-refractivity contribution in [1.82, 2.24) is 0 Å². The standard InChI is InChI=1S/C14H15NO3/c1-9-7-13(17)15(14(18)8-9)12-5-3-11(4-6-12)10(2)16/h3-6,9H,7-8H2,1-2H3. The molecule has 1 saturated heterocycles. The van der Waals surface area contributed by atoms with Gasteiger partial charge in [0.15, 0.2) is 5.78 Å². The highest BCUT2D eigenvalue weighted by molar-refractivity contribution is 6.16. The first-order chi connectivity index (χ1) is 8.49. The molecule has 1 aromatic carbocycles. The number of hydrogen-bond donors (Lipinski definition) is 0. The van der Waals surface area contributed by atoms with Crippen molar-refractivity contribution < 1.29 is 14.4 Å². The van der Waals surface area contributed by atoms with E-state index in [0.717, 1.165) is 0 Å². The Kier molecular flexibility index (Phi) is 3.28. The Bertz CT molecular complexity index is 486. The second-order valence-corrected chi connectivity index (χ2v) is 4.74. The van der Waals surface area contributed by atoms with Gasteiger partial charge in [-0.25, -0.2) is 0 Å². The molecule has 1 aromatic rings. The summed E-state index contributed by atoms with van der Waals surface area (Å²) >= 11 is 0. The third-order valence-corrected chi connectivity index (χ3v) is 3.08. The largest absolute Gasteiger partial charge is 0.295 e. The van der Waals surface area contributed by atoms with E-state index in [1.807, 2.05) is 6.92 Å². The van der Waals surface area contributed by atoms with Crippen molar-refractivity contribution >= 4 is 23.3 Å². The summed E-state index contributed by atoms with van der Waals surface area (Å²) in [4.78, 5) is 36.1. The van der Waals surface area contributed by atoms with Gasteiger partial charge in [0.25, 0.3) is 0 Å². The predicted molar refractivity (Wildman–Crippen MR) is 67.3 cm³/mol. The van der Waals surface area contributed by atoms with Gasteiger partial charge in [-0.15, -0.1) is 0 Å². The highest BCUT2D eigenvalue weighted by Gasteiger charge is 2.31. The van der Waals surface area contributed by atoms with Crippen LogP contribution in [-0.2, 0) is 9.59 Å². The summed E-state index contributed by atoms with van der Waals surface area (Å²) in [6.45, 7) is 3.37. The molecule has 0 N–H and O–H groups in total. The minimum absolute atomic E-state index is 0.0357. The van der Waals surface area contributed by atoms with E-state index in [1.54, 1.807) is 24.3 Å². The Hall–Kier alpha value is -1.97. The molecule has 0 spiro atoms. The van der Waals surface area contributed by atoms with Gasteiger partial charge < -0.3 is 0 Å². The molecule has 0 unspecified atom stereocenters. The van der Waals surface area contributed by atoms with Gasteiger partial charge >= 0.3 is 0 Å². The third kappa shape index (κ3) is 2.32. The molecule has 2 amide bonds. The number of hydrogen-bond acceptors (Lipinski definition) is 3. The second-order valence-electron chi connectivity index (χ2n) is 4.74. The van der Waals surface area contributed by atoms with Crippen LogP contribution in [-0.4, -0.2) is 17.6 Å². The van der Waals surface area contributed by atoms with Crippen molar-refractivity contribution in [2.45, 2.75) is 26.7 Å². The maximum atomic E-state index is 11.9. The number of ketones is 1. The van der Waals surface area contributed by atoms with Gasteiger partial charge in [-0.2, -0.15) is 0 Å². The van der Waals surface area contributed by atoms with Crippen molar-refractivity contribution in [3.8, 4) is 0 Å². The minimum Gasteiger partial charge on any atom is -0.295 e. The number of benzene rings is 1. The summed E-state index contributed by atoms with van der Waals surface area (Å²) in [5, 5.41) is 0. The van der Waals surface area contributed by atoms with Crippen LogP contribution in [0.4, 0.5) is 5.69 Å². The van der Waals surface area contributed by atoms with Crippen LogP contribution in [0, 0.1) is 5.92 Å². The van der Waals surface area contributed by atoms with E-state index < -0.39 is 0 Å². The number of Topliss-reactive ketones (excluding diaryl/α,β-unsaturated/α-hetero) is 1. The van der Waals surface area contributed by atoms with E-state index in [2.05, 4.69) is 0 Å². The molecule has 0 saturated carbocycles. The van der Waals surface area contributed by atoms with Crippen molar-refractivity contribution in [1.29, 1.82) is 0 Å². The fourth-order valence-electron chi connectivity index (χ4n) is 2.12. The fourth-order valence-corrected chi connectivity index (χ4v) is 2.12. The third-order valence-electron chi connectivity index (χ3n) is 3.08. The SMILES string of the molecule is CC(=O)c1ccc(N2C(=O)CC(C)CC2=O)cc1. The van der Waals surface area contributed by atoms with Crippen LogP contribution < -0.4 is 4.90 Å². The molecule has 2 rings (SSSR count). The summed E-state index contributed by atoms with van der Waals surface area (Å²) in [6.07, 6.45) is 0.778. The quantitative estimate of drug-likeness (QED) is 0.592. The van der Waals surface area contributed by atoms with Crippen LogP contribution in [0.25, 0.3) is 0 Å². The van der Waals surface area contributed by atoms with Gasteiger partial charge in [0.1, 0.15) is 0 Å². The Morgan fingerprint density at radius 2 is 1.61 bits per heavy atom. The molecule has 0 atom stereocenters. The summed E-state index contributed by atoms with van der Waals surface area (Å²) in [7, 11) is 0. The van der Waals surface area contributed by atoms with Crippen LogP contribution >= 0.6 is 0 Å². The lowest BCUT2D eigenvalue weighted by Gasteiger charge is -2.28. The summed E-state index contributed by atoms with van der Waals surface area (Å²) in [6, 6.07) is 6.55. The fraction of sp³-hybridized carbons (Fsp3) is 0.357. The second kappa shape index (κ2) is 4.72. The number of nitrogens with zero attached hydrogens (tertiary/aromatic N) is 1. The van der Waals surface area contributed by atoms with Crippen molar-refractivity contribution in [3.05, 3.63) is 29.8 Å². The van der Waals surface area contributed by atoms with Gasteiger partial charge in [-0.3, -0.25) is 19.3 Å². The van der Waals surface area contributed by atoms with Crippen LogP contribution in [0.1, 0.15) is 37.0 Å². The topological polar surface area (TPSA) is 54.5 Å². The molecular weight excluding hydrogens is 230 g/mol. The average Bonchev–Trinajstić information content (AvgIpc) is 2.28. The number of rotatable bonds is 2. The normalized spacial score (nSPS) is 17.1. The average molecular weight is 245 g/mol. The van der Waals surface area contributed by atoms with Gasteiger partial charge in [0, 0.05) is 18.4 Å². The first-order valence-corrected chi connectivity index (χ1v) is 5.96. The van der Waals surface area contributed by atoms with E-state index in [1.165, 1.54) is 11.8 Å². The molecule has 0 aromatic heterocycles. The van der Waals surface area contributed by atoms with Crippen LogP contribution in [0.15, 0.2) is 24.3 Å². The molecule has 1 heterocycles. The molecule has 1 fully saturated rings. The molecule has 0 radical (unpaired) electrons. The van der Waals surface area contributed by atoms with Crippen LogP contribution in [0.5, 0.6) is 0 Å². The number of amides is 2. The monoisotopic (exact) mass is 245 g/mol. The van der Waals surface area contributed by atoms with Gasteiger partial charge in [-0.1, -0.05) is 6.92 Å².